The topological polar surface area (TPSA) is 0 Å². The van der Waals surface area contributed by atoms with Crippen LogP contribution in [0.4, 0.5) is 0 Å². The van der Waals surface area contributed by atoms with Gasteiger partial charge >= 0.3 is 84.6 Å². The molecule has 1 heteroatoms. The van der Waals surface area contributed by atoms with Gasteiger partial charge in [0.15, 0.2) is 0 Å². The molecule has 0 fully saturated rings. The van der Waals surface area contributed by atoms with E-state index in [1.54, 1.807) is 0 Å². The van der Waals surface area contributed by atoms with E-state index < -0.39 is 7.26 Å². The maximum absolute atomic E-state index is 3.79. The normalized spacial score (nSPS) is 15.4. The van der Waals surface area contributed by atoms with E-state index in [1.165, 1.54) is 31.6 Å². The molecule has 0 nitrogen and oxygen atoms in total. The van der Waals surface area contributed by atoms with Crippen molar-refractivity contribution in [2.24, 2.45) is 5.92 Å². The predicted molar refractivity (Wildman–Crippen MR) is 68.8 cm³/mol. The Hall–Kier alpha value is 0.170. The number of hydrogen-bond donors (Lipinski definition) is 0. The molecular formula is C12H27P. The Kier molecular flexibility index (Phi) is 6.68. The molecule has 1 unspecified atom stereocenters. The second-order valence-corrected chi connectivity index (χ2v) is 10.4. The van der Waals surface area contributed by atoms with Crippen LogP contribution in [0.15, 0.2) is 12.7 Å². The quantitative estimate of drug-likeness (QED) is 0.432. The summed E-state index contributed by atoms with van der Waals surface area (Å²) in [4.78, 5) is 0. The molecular weight excluding hydrogens is 175 g/mol. The Balaban J connectivity index is 3.66. The third-order valence-corrected chi connectivity index (χ3v) is 6.31. The zero-order chi connectivity index (χ0) is 10.3. The summed E-state index contributed by atoms with van der Waals surface area (Å²) in [5, 5.41) is 0. The molecule has 0 aliphatic heterocycles. The van der Waals surface area contributed by atoms with Gasteiger partial charge in [-0.2, -0.15) is 0 Å². The molecule has 0 bridgehead atoms. The van der Waals surface area contributed by atoms with Gasteiger partial charge in [-0.05, 0) is 0 Å². The first-order chi connectivity index (χ1) is 6.02. The first kappa shape index (κ1) is 13.2. The van der Waals surface area contributed by atoms with Crippen molar-refractivity contribution >= 4 is 7.26 Å². The molecule has 0 amide bonds. The molecule has 0 radical (unpaired) electrons. The Morgan fingerprint density at radius 1 is 1.31 bits per heavy atom. The summed E-state index contributed by atoms with van der Waals surface area (Å²) in [6, 6.07) is 0. The maximum atomic E-state index is 3.79. The third kappa shape index (κ3) is 7.26. The van der Waals surface area contributed by atoms with Crippen LogP contribution in [0.3, 0.4) is 0 Å². The van der Waals surface area contributed by atoms with Crippen molar-refractivity contribution < 1.29 is 0 Å². The van der Waals surface area contributed by atoms with Gasteiger partial charge in [-0.25, -0.2) is 0 Å². The minimum atomic E-state index is -0.829. The average Bonchev–Trinajstić information content (AvgIpc) is 2.02. The van der Waals surface area contributed by atoms with Gasteiger partial charge in [-0.1, -0.05) is 0 Å². The summed E-state index contributed by atoms with van der Waals surface area (Å²) in [6.45, 7) is 13.5. The summed E-state index contributed by atoms with van der Waals surface area (Å²) in [5.41, 5.74) is 0. The Morgan fingerprint density at radius 3 is 2.38 bits per heavy atom. The molecule has 1 atom stereocenters. The van der Waals surface area contributed by atoms with E-state index in [4.69, 9.17) is 0 Å². The summed E-state index contributed by atoms with van der Waals surface area (Å²) in [6.07, 6.45) is 9.01. The molecule has 0 N–H and O–H groups in total. The van der Waals surface area contributed by atoms with E-state index >= 15 is 0 Å². The van der Waals surface area contributed by atoms with Crippen LogP contribution in [0.25, 0.3) is 0 Å². The van der Waals surface area contributed by atoms with Gasteiger partial charge in [0.2, 0.25) is 0 Å². The van der Waals surface area contributed by atoms with Crippen molar-refractivity contribution in [3.05, 3.63) is 12.7 Å². The van der Waals surface area contributed by atoms with Gasteiger partial charge < -0.3 is 0 Å². The summed E-state index contributed by atoms with van der Waals surface area (Å²) < 4.78 is 0. The molecule has 13 heavy (non-hydrogen) atoms. The molecule has 80 valence electrons. The van der Waals surface area contributed by atoms with Crippen molar-refractivity contribution in [2.45, 2.75) is 33.1 Å². The van der Waals surface area contributed by atoms with Gasteiger partial charge in [0.25, 0.3) is 0 Å². The fourth-order valence-corrected chi connectivity index (χ4v) is 4.72. The zero-order valence-corrected chi connectivity index (χ0v) is 10.9. The van der Waals surface area contributed by atoms with Crippen molar-refractivity contribution in [1.82, 2.24) is 0 Å². The van der Waals surface area contributed by atoms with Crippen LogP contribution in [0.1, 0.15) is 33.1 Å². The summed E-state index contributed by atoms with van der Waals surface area (Å²) >= 11 is 0. The Bertz CT molecular complexity index is 138. The van der Waals surface area contributed by atoms with Crippen LogP contribution in [0, 0.1) is 5.92 Å². The molecule has 0 aliphatic carbocycles. The molecule has 0 saturated heterocycles. The molecule has 0 rings (SSSR count). The fraction of sp³-hybridized carbons (Fsp3) is 0.833. The van der Waals surface area contributed by atoms with Gasteiger partial charge in [-0.15, -0.1) is 0 Å². The second-order valence-electron chi connectivity index (χ2n) is 5.08. The van der Waals surface area contributed by atoms with Crippen molar-refractivity contribution in [3.8, 4) is 0 Å². The SMILES string of the molecule is C=CCC(C)CC[PH](C)(C)CCC. The fourth-order valence-electron chi connectivity index (χ4n) is 1.84. The predicted octanol–water partition coefficient (Wildman–Crippen LogP) is 4.01. The summed E-state index contributed by atoms with van der Waals surface area (Å²) in [5.74, 6) is 0.848. The second kappa shape index (κ2) is 6.60. The van der Waals surface area contributed by atoms with Crippen molar-refractivity contribution in [2.75, 3.05) is 25.7 Å². The van der Waals surface area contributed by atoms with Crippen LogP contribution in [0.2, 0.25) is 0 Å². The number of rotatable bonds is 7. The van der Waals surface area contributed by atoms with Crippen LogP contribution >= 0.6 is 7.26 Å². The molecule has 0 heterocycles. The molecule has 0 saturated carbocycles. The van der Waals surface area contributed by atoms with E-state index in [-0.39, 0.29) is 0 Å². The van der Waals surface area contributed by atoms with E-state index in [0.717, 1.165) is 5.92 Å². The van der Waals surface area contributed by atoms with E-state index in [9.17, 15) is 0 Å². The van der Waals surface area contributed by atoms with Crippen molar-refractivity contribution in [3.63, 3.8) is 0 Å². The van der Waals surface area contributed by atoms with Crippen LogP contribution in [-0.4, -0.2) is 25.7 Å². The minimum absolute atomic E-state index is 0.829. The van der Waals surface area contributed by atoms with E-state index in [2.05, 4.69) is 39.8 Å². The zero-order valence-electron chi connectivity index (χ0n) is 9.90. The van der Waals surface area contributed by atoms with Crippen molar-refractivity contribution in [1.29, 1.82) is 0 Å². The van der Waals surface area contributed by atoms with Gasteiger partial charge in [0.05, 0.1) is 0 Å². The van der Waals surface area contributed by atoms with Gasteiger partial charge in [0.1, 0.15) is 0 Å². The Labute approximate surface area is 85.1 Å². The first-order valence-corrected chi connectivity index (χ1v) is 9.04. The molecule has 0 aromatic carbocycles. The van der Waals surface area contributed by atoms with Crippen LogP contribution < -0.4 is 0 Å². The monoisotopic (exact) mass is 202 g/mol. The third-order valence-electron chi connectivity index (χ3n) is 2.81. The van der Waals surface area contributed by atoms with Gasteiger partial charge in [0, 0.05) is 0 Å². The summed E-state index contributed by atoms with van der Waals surface area (Å²) in [7, 11) is -0.829. The standard InChI is InChI=1S/C12H27P/c1-6-8-12(3)9-11-13(4,5)10-7-2/h6,12-13H,1,7-11H2,2-5H3. The molecule has 0 aliphatic rings. The van der Waals surface area contributed by atoms with E-state index in [0.29, 0.717) is 0 Å². The molecule has 0 aromatic rings. The van der Waals surface area contributed by atoms with Crippen LogP contribution in [-0.2, 0) is 0 Å². The first-order valence-electron chi connectivity index (χ1n) is 5.62. The van der Waals surface area contributed by atoms with Gasteiger partial charge in [-0.3, -0.25) is 0 Å². The number of hydrogen-bond acceptors (Lipinski definition) is 0. The average molecular weight is 202 g/mol. The number of allylic oxidation sites excluding steroid dienone is 1. The Morgan fingerprint density at radius 2 is 1.92 bits per heavy atom. The van der Waals surface area contributed by atoms with Crippen LogP contribution in [0.5, 0.6) is 0 Å². The molecule has 0 aromatic heterocycles. The molecule has 0 spiro atoms. The van der Waals surface area contributed by atoms with E-state index in [1.807, 2.05) is 0 Å².